The maximum absolute atomic E-state index is 10.5. The van der Waals surface area contributed by atoms with Gasteiger partial charge in [0.1, 0.15) is 0 Å². The summed E-state index contributed by atoms with van der Waals surface area (Å²) in [6.07, 6.45) is 0.601. The molecule has 0 bridgehead atoms. The van der Waals surface area contributed by atoms with E-state index < -0.39 is 0 Å². The molecule has 0 aromatic rings. The van der Waals surface area contributed by atoms with E-state index in [0.29, 0.717) is 0 Å². The van der Waals surface area contributed by atoms with Gasteiger partial charge in [0.05, 0.1) is 0 Å². The summed E-state index contributed by atoms with van der Waals surface area (Å²) in [6, 6.07) is 0. The number of halogens is 1. The van der Waals surface area contributed by atoms with Gasteiger partial charge in [0.2, 0.25) is 0 Å². The molecule has 0 radical (unpaired) electrons. The largest absolute Gasteiger partial charge is 0.446 e. The molecule has 3 nitrogen and oxygen atoms in total. The molecule has 0 fully saturated rings. The van der Waals surface area contributed by atoms with Crippen molar-refractivity contribution < 1.29 is 9.53 Å². The van der Waals surface area contributed by atoms with Crippen molar-refractivity contribution in [3.63, 3.8) is 0 Å². The fourth-order valence-electron chi connectivity index (χ4n) is 0.693. The molecule has 0 aromatic heterocycles. The third kappa shape index (κ3) is 5.04. The topological polar surface area (TPSA) is 29.5 Å². The monoisotopic (exact) mass is 179 g/mol. The predicted molar refractivity (Wildman–Crippen MR) is 44.1 cm³/mol. The smallest absolute Gasteiger partial charge is 0.304 e. The van der Waals surface area contributed by atoms with Gasteiger partial charge in [-0.3, -0.25) is 4.79 Å². The van der Waals surface area contributed by atoms with Gasteiger partial charge in [-0.2, -0.15) is 4.42 Å². The van der Waals surface area contributed by atoms with E-state index in [1.54, 1.807) is 6.92 Å². The van der Waals surface area contributed by atoms with Crippen LogP contribution in [0.1, 0.15) is 27.2 Å². The van der Waals surface area contributed by atoms with Crippen LogP contribution >= 0.6 is 11.8 Å². The average Bonchev–Trinajstić information content (AvgIpc) is 1.86. The second-order valence-electron chi connectivity index (χ2n) is 2.33. The van der Waals surface area contributed by atoms with Crippen molar-refractivity contribution in [2.75, 3.05) is 6.54 Å². The van der Waals surface area contributed by atoms with Gasteiger partial charge in [0, 0.05) is 13.5 Å². The lowest BCUT2D eigenvalue weighted by molar-refractivity contribution is -0.150. The number of carbonyl (C=O) groups is 1. The van der Waals surface area contributed by atoms with Crippen LogP contribution in [0.15, 0.2) is 0 Å². The maximum Gasteiger partial charge on any atom is 0.304 e. The van der Waals surface area contributed by atoms with Crippen LogP contribution in [-0.4, -0.2) is 23.2 Å². The van der Waals surface area contributed by atoms with E-state index in [4.69, 9.17) is 16.5 Å². The van der Waals surface area contributed by atoms with Crippen molar-refractivity contribution in [3.8, 4) is 0 Å². The van der Waals surface area contributed by atoms with Crippen LogP contribution in [0.25, 0.3) is 0 Å². The number of ether oxygens (including phenoxy) is 1. The Kier molecular flexibility index (Phi) is 5.24. The summed E-state index contributed by atoms with van der Waals surface area (Å²) in [5.41, 5.74) is 0. The van der Waals surface area contributed by atoms with Gasteiger partial charge in [0.15, 0.2) is 6.23 Å². The minimum absolute atomic E-state index is 0.306. The Morgan fingerprint density at radius 3 is 2.64 bits per heavy atom. The summed E-state index contributed by atoms with van der Waals surface area (Å²) in [6.45, 7) is 5.84. The van der Waals surface area contributed by atoms with Crippen LogP contribution in [0, 0.1) is 0 Å². The van der Waals surface area contributed by atoms with Gasteiger partial charge in [0.25, 0.3) is 0 Å². The summed E-state index contributed by atoms with van der Waals surface area (Å²) in [5.74, 6) is -0.306. The van der Waals surface area contributed by atoms with Crippen LogP contribution in [0.3, 0.4) is 0 Å². The highest BCUT2D eigenvalue weighted by molar-refractivity contribution is 6.13. The highest BCUT2D eigenvalue weighted by Gasteiger charge is 2.11. The number of hydrogen-bond donors (Lipinski definition) is 0. The third-order valence-corrected chi connectivity index (χ3v) is 1.61. The fraction of sp³-hybridized carbons (Fsp3) is 0.857. The van der Waals surface area contributed by atoms with Crippen molar-refractivity contribution in [1.82, 2.24) is 4.42 Å². The molecule has 11 heavy (non-hydrogen) atoms. The molecule has 0 rings (SSSR count). The van der Waals surface area contributed by atoms with Crippen LogP contribution in [0.2, 0.25) is 0 Å². The molecule has 0 saturated carbocycles. The van der Waals surface area contributed by atoms with Crippen LogP contribution in [0.5, 0.6) is 0 Å². The first-order valence-corrected chi connectivity index (χ1v) is 4.01. The molecular formula is C7H14ClNO2. The standard InChI is InChI=1S/C7H14ClNO2/c1-4-5-9(8)6(2)11-7(3)10/h6H,4-5H2,1-3H3. The van der Waals surface area contributed by atoms with Gasteiger partial charge in [-0.1, -0.05) is 6.92 Å². The third-order valence-electron chi connectivity index (χ3n) is 1.17. The molecule has 0 heterocycles. The Balaban J connectivity index is 3.63. The van der Waals surface area contributed by atoms with Gasteiger partial charge < -0.3 is 4.74 Å². The molecule has 66 valence electrons. The Hall–Kier alpha value is -0.280. The van der Waals surface area contributed by atoms with Gasteiger partial charge in [-0.05, 0) is 25.1 Å². The first-order chi connectivity index (χ1) is 5.07. The molecule has 0 amide bonds. The van der Waals surface area contributed by atoms with Crippen molar-refractivity contribution in [1.29, 1.82) is 0 Å². The van der Waals surface area contributed by atoms with E-state index in [0.717, 1.165) is 13.0 Å². The molecule has 4 heteroatoms. The number of esters is 1. The minimum atomic E-state index is -0.339. The molecule has 0 spiro atoms. The van der Waals surface area contributed by atoms with Crippen molar-refractivity contribution in [2.24, 2.45) is 0 Å². The van der Waals surface area contributed by atoms with Crippen molar-refractivity contribution in [3.05, 3.63) is 0 Å². The van der Waals surface area contributed by atoms with Crippen LogP contribution in [0.4, 0.5) is 0 Å². The fourth-order valence-corrected chi connectivity index (χ4v) is 0.902. The molecule has 0 aliphatic rings. The van der Waals surface area contributed by atoms with Crippen molar-refractivity contribution >= 4 is 17.7 Å². The van der Waals surface area contributed by atoms with Crippen molar-refractivity contribution in [2.45, 2.75) is 33.4 Å². The highest BCUT2D eigenvalue weighted by atomic mass is 35.5. The van der Waals surface area contributed by atoms with Crippen LogP contribution in [-0.2, 0) is 9.53 Å². The highest BCUT2D eigenvalue weighted by Crippen LogP contribution is 2.05. The first kappa shape index (κ1) is 10.7. The molecule has 0 aromatic carbocycles. The van der Waals surface area contributed by atoms with Gasteiger partial charge >= 0.3 is 5.97 Å². The average molecular weight is 180 g/mol. The number of hydrogen-bond acceptors (Lipinski definition) is 3. The van der Waals surface area contributed by atoms with E-state index in [-0.39, 0.29) is 12.2 Å². The van der Waals surface area contributed by atoms with E-state index in [2.05, 4.69) is 0 Å². The Bertz CT molecular complexity index is 130. The van der Waals surface area contributed by atoms with E-state index in [9.17, 15) is 4.79 Å². The molecule has 0 aliphatic carbocycles. The lowest BCUT2D eigenvalue weighted by Gasteiger charge is -2.20. The zero-order valence-electron chi connectivity index (χ0n) is 7.13. The summed E-state index contributed by atoms with van der Waals surface area (Å²) in [7, 11) is 0. The minimum Gasteiger partial charge on any atom is -0.446 e. The predicted octanol–water partition coefficient (Wildman–Crippen LogP) is 1.76. The Labute approximate surface area is 72.4 Å². The lowest BCUT2D eigenvalue weighted by Crippen LogP contribution is -2.29. The molecule has 1 atom stereocenters. The normalized spacial score (nSPS) is 13.2. The van der Waals surface area contributed by atoms with E-state index in [1.165, 1.54) is 11.3 Å². The molecular weight excluding hydrogens is 166 g/mol. The van der Waals surface area contributed by atoms with E-state index in [1.807, 2.05) is 6.92 Å². The number of nitrogens with zero attached hydrogens (tertiary/aromatic N) is 1. The zero-order chi connectivity index (χ0) is 8.85. The summed E-state index contributed by atoms with van der Waals surface area (Å²) >= 11 is 5.73. The molecule has 0 N–H and O–H groups in total. The van der Waals surface area contributed by atoms with Gasteiger partial charge in [-0.25, -0.2) is 0 Å². The molecule has 0 aliphatic heterocycles. The van der Waals surface area contributed by atoms with E-state index >= 15 is 0 Å². The quantitative estimate of drug-likeness (QED) is 0.374. The molecule has 0 saturated heterocycles. The SMILES string of the molecule is CCCN(Cl)C(C)OC(C)=O. The first-order valence-electron chi connectivity index (χ1n) is 3.67. The summed E-state index contributed by atoms with van der Waals surface area (Å²) in [4.78, 5) is 10.5. The summed E-state index contributed by atoms with van der Waals surface area (Å²) < 4.78 is 6.29. The number of carbonyl (C=O) groups excluding carboxylic acids is 1. The Morgan fingerprint density at radius 1 is 1.73 bits per heavy atom. The summed E-state index contributed by atoms with van der Waals surface area (Å²) in [5, 5.41) is 0. The Morgan fingerprint density at radius 2 is 2.27 bits per heavy atom. The zero-order valence-corrected chi connectivity index (χ0v) is 7.89. The lowest BCUT2D eigenvalue weighted by atomic mass is 10.4. The number of rotatable bonds is 4. The maximum atomic E-state index is 10.5. The van der Waals surface area contributed by atoms with Gasteiger partial charge in [-0.15, -0.1) is 0 Å². The second kappa shape index (κ2) is 5.38. The second-order valence-corrected chi connectivity index (χ2v) is 2.77. The molecule has 1 unspecified atom stereocenters. The van der Waals surface area contributed by atoms with Crippen LogP contribution < -0.4 is 0 Å².